The molecule has 2 heterocycles. The van der Waals surface area contributed by atoms with Gasteiger partial charge in [0.25, 0.3) is 0 Å². The molecule has 3 aromatic rings. The summed E-state index contributed by atoms with van der Waals surface area (Å²) in [5.74, 6) is 0.650. The highest BCUT2D eigenvalue weighted by atomic mass is 79.9. The minimum Gasteiger partial charge on any atom is -0.345 e. The minimum absolute atomic E-state index is 0.592. The Bertz CT molecular complexity index is 762. The minimum atomic E-state index is 0.592. The number of fused-ring (bicyclic) bond motifs is 1. The summed E-state index contributed by atoms with van der Waals surface area (Å²) in [6.07, 6.45) is 2.47. The van der Waals surface area contributed by atoms with Crippen LogP contribution in [0.2, 0.25) is 0 Å². The summed E-state index contributed by atoms with van der Waals surface area (Å²) in [7, 11) is 0. The van der Waals surface area contributed by atoms with Crippen molar-refractivity contribution in [3.05, 3.63) is 46.2 Å². The third-order valence-corrected chi connectivity index (χ3v) is 3.50. The summed E-state index contributed by atoms with van der Waals surface area (Å²) in [5.41, 5.74) is 3.02. The van der Waals surface area contributed by atoms with Crippen molar-refractivity contribution in [3.8, 4) is 11.4 Å². The van der Waals surface area contributed by atoms with Crippen molar-refractivity contribution in [2.45, 2.75) is 6.92 Å². The lowest BCUT2D eigenvalue weighted by atomic mass is 10.2. The van der Waals surface area contributed by atoms with Gasteiger partial charge in [0.15, 0.2) is 12.1 Å². The lowest BCUT2D eigenvalue weighted by Gasteiger charge is -2.03. The molecule has 4 nitrogen and oxygen atoms in total. The largest absolute Gasteiger partial charge is 0.345 e. The zero-order chi connectivity index (χ0) is 13.4. The topological polar surface area (TPSA) is 58.6 Å². The van der Waals surface area contributed by atoms with Crippen LogP contribution < -0.4 is 0 Å². The van der Waals surface area contributed by atoms with Gasteiger partial charge in [0, 0.05) is 21.8 Å². The molecule has 0 aliphatic heterocycles. The van der Waals surface area contributed by atoms with E-state index < -0.39 is 0 Å². The SMILES string of the molecule is Cc1nc(-c2ccc(Br)cc2)nc2[nH]cc(C=O)c12. The zero-order valence-electron chi connectivity index (χ0n) is 10.1. The first-order chi connectivity index (χ1) is 9.19. The second kappa shape index (κ2) is 4.59. The van der Waals surface area contributed by atoms with Gasteiger partial charge in [0.2, 0.25) is 0 Å². The number of aryl methyl sites for hydroxylation is 1. The molecule has 0 saturated carbocycles. The van der Waals surface area contributed by atoms with Crippen molar-refractivity contribution in [3.63, 3.8) is 0 Å². The average Bonchev–Trinajstić information content (AvgIpc) is 2.83. The number of carbonyl (C=O) groups is 1. The number of nitrogens with one attached hydrogen (secondary N) is 1. The molecule has 0 radical (unpaired) electrons. The molecular formula is C14H10BrN3O. The van der Waals surface area contributed by atoms with Gasteiger partial charge in [-0.25, -0.2) is 9.97 Å². The van der Waals surface area contributed by atoms with Crippen molar-refractivity contribution in [2.75, 3.05) is 0 Å². The number of benzene rings is 1. The van der Waals surface area contributed by atoms with E-state index in [0.717, 1.165) is 27.4 Å². The Kier molecular flexibility index (Phi) is 2.91. The molecule has 0 bridgehead atoms. The zero-order valence-corrected chi connectivity index (χ0v) is 11.7. The summed E-state index contributed by atoms with van der Waals surface area (Å²) in [5, 5.41) is 0.788. The van der Waals surface area contributed by atoms with Crippen molar-refractivity contribution in [1.82, 2.24) is 15.0 Å². The quantitative estimate of drug-likeness (QED) is 0.736. The van der Waals surface area contributed by atoms with Gasteiger partial charge in [0.05, 0.1) is 11.1 Å². The lowest BCUT2D eigenvalue weighted by molar-refractivity contribution is 0.112. The summed E-state index contributed by atoms with van der Waals surface area (Å²) in [6, 6.07) is 7.80. The van der Waals surface area contributed by atoms with Crippen LogP contribution in [0.4, 0.5) is 0 Å². The van der Waals surface area contributed by atoms with E-state index in [9.17, 15) is 4.79 Å². The molecule has 5 heteroatoms. The van der Waals surface area contributed by atoms with E-state index in [1.54, 1.807) is 6.20 Å². The molecule has 1 aromatic carbocycles. The van der Waals surface area contributed by atoms with Gasteiger partial charge in [-0.3, -0.25) is 4.79 Å². The van der Waals surface area contributed by atoms with Crippen molar-refractivity contribution in [2.24, 2.45) is 0 Å². The van der Waals surface area contributed by atoms with Crippen LogP contribution in [0.1, 0.15) is 16.1 Å². The Balaban J connectivity index is 2.21. The molecule has 0 aliphatic rings. The Morgan fingerprint density at radius 1 is 1.21 bits per heavy atom. The fourth-order valence-corrected chi connectivity index (χ4v) is 2.33. The first-order valence-corrected chi connectivity index (χ1v) is 6.55. The number of carbonyl (C=O) groups excluding carboxylic acids is 1. The summed E-state index contributed by atoms with van der Waals surface area (Å²) < 4.78 is 1.01. The molecule has 0 unspecified atom stereocenters. The molecule has 19 heavy (non-hydrogen) atoms. The highest BCUT2D eigenvalue weighted by Gasteiger charge is 2.11. The fourth-order valence-electron chi connectivity index (χ4n) is 2.06. The highest BCUT2D eigenvalue weighted by Crippen LogP contribution is 2.23. The van der Waals surface area contributed by atoms with E-state index in [2.05, 4.69) is 30.9 Å². The Hall–Kier alpha value is -2.01. The summed E-state index contributed by atoms with van der Waals surface area (Å²) >= 11 is 3.40. The van der Waals surface area contributed by atoms with E-state index in [0.29, 0.717) is 17.0 Å². The van der Waals surface area contributed by atoms with Crippen LogP contribution in [0.5, 0.6) is 0 Å². The fraction of sp³-hybridized carbons (Fsp3) is 0.0714. The van der Waals surface area contributed by atoms with Gasteiger partial charge in [-0.05, 0) is 19.1 Å². The van der Waals surface area contributed by atoms with E-state index >= 15 is 0 Å². The second-order valence-corrected chi connectivity index (χ2v) is 5.14. The van der Waals surface area contributed by atoms with Crippen LogP contribution in [-0.2, 0) is 0 Å². The van der Waals surface area contributed by atoms with Crippen LogP contribution in [0.25, 0.3) is 22.4 Å². The molecule has 0 amide bonds. The molecule has 2 aromatic heterocycles. The van der Waals surface area contributed by atoms with E-state index in [-0.39, 0.29) is 0 Å². The maximum Gasteiger partial charge on any atom is 0.161 e. The monoisotopic (exact) mass is 315 g/mol. The molecule has 0 aliphatic carbocycles. The normalized spacial score (nSPS) is 10.8. The Morgan fingerprint density at radius 2 is 1.95 bits per heavy atom. The van der Waals surface area contributed by atoms with Gasteiger partial charge in [-0.15, -0.1) is 0 Å². The third-order valence-electron chi connectivity index (χ3n) is 2.97. The van der Waals surface area contributed by atoms with Crippen molar-refractivity contribution in [1.29, 1.82) is 0 Å². The molecular weight excluding hydrogens is 306 g/mol. The van der Waals surface area contributed by atoms with Crippen LogP contribution in [-0.4, -0.2) is 21.2 Å². The molecule has 0 atom stereocenters. The Labute approximate surface area is 118 Å². The standard InChI is InChI=1S/C14H10BrN3O/c1-8-12-10(7-19)6-16-14(12)18-13(17-8)9-2-4-11(15)5-3-9/h2-7H,1H3,(H,16,17,18). The number of aldehydes is 1. The molecule has 1 N–H and O–H groups in total. The van der Waals surface area contributed by atoms with Gasteiger partial charge in [-0.1, -0.05) is 28.1 Å². The number of rotatable bonds is 2. The maximum atomic E-state index is 10.9. The first-order valence-electron chi connectivity index (χ1n) is 5.76. The van der Waals surface area contributed by atoms with Crippen LogP contribution in [0, 0.1) is 6.92 Å². The van der Waals surface area contributed by atoms with Crippen LogP contribution in [0.3, 0.4) is 0 Å². The van der Waals surface area contributed by atoms with Gasteiger partial charge in [0.1, 0.15) is 5.65 Å². The third kappa shape index (κ3) is 2.06. The number of hydrogen-bond acceptors (Lipinski definition) is 3. The molecule has 0 saturated heterocycles. The second-order valence-electron chi connectivity index (χ2n) is 4.22. The molecule has 3 rings (SSSR count). The molecule has 94 valence electrons. The van der Waals surface area contributed by atoms with Crippen LogP contribution in [0.15, 0.2) is 34.9 Å². The smallest absolute Gasteiger partial charge is 0.161 e. The summed E-state index contributed by atoms with van der Waals surface area (Å²) in [6.45, 7) is 1.88. The van der Waals surface area contributed by atoms with Gasteiger partial charge in [-0.2, -0.15) is 0 Å². The van der Waals surface area contributed by atoms with Crippen LogP contribution >= 0.6 is 15.9 Å². The van der Waals surface area contributed by atoms with Gasteiger partial charge >= 0.3 is 0 Å². The Morgan fingerprint density at radius 3 is 2.63 bits per heavy atom. The predicted octanol–water partition coefficient (Wildman–Crippen LogP) is 3.51. The molecule has 0 fully saturated rings. The number of aromatic amines is 1. The first kappa shape index (κ1) is 12.0. The van der Waals surface area contributed by atoms with E-state index in [1.165, 1.54) is 0 Å². The van der Waals surface area contributed by atoms with E-state index in [1.807, 2.05) is 31.2 Å². The number of halogens is 1. The predicted molar refractivity (Wildman–Crippen MR) is 77.1 cm³/mol. The number of nitrogens with zero attached hydrogens (tertiary/aromatic N) is 2. The van der Waals surface area contributed by atoms with E-state index in [4.69, 9.17) is 0 Å². The maximum absolute atomic E-state index is 10.9. The highest BCUT2D eigenvalue weighted by molar-refractivity contribution is 9.10. The average molecular weight is 316 g/mol. The van der Waals surface area contributed by atoms with Crippen molar-refractivity contribution >= 4 is 33.2 Å². The molecule has 0 spiro atoms. The number of H-pyrrole nitrogens is 1. The van der Waals surface area contributed by atoms with Gasteiger partial charge < -0.3 is 4.98 Å². The van der Waals surface area contributed by atoms with Crippen molar-refractivity contribution < 1.29 is 4.79 Å². The number of aromatic nitrogens is 3. The lowest BCUT2D eigenvalue weighted by Crippen LogP contribution is -1.94. The summed E-state index contributed by atoms with van der Waals surface area (Å²) in [4.78, 5) is 22.9. The number of hydrogen-bond donors (Lipinski definition) is 1.